The molecule has 0 bridgehead atoms. The Kier molecular flexibility index (Phi) is 5.90. The maximum absolute atomic E-state index is 12.1. The number of ether oxygens (including phenoxy) is 1. The first-order valence-electron chi connectivity index (χ1n) is 7.49. The van der Waals surface area contributed by atoms with Crippen molar-refractivity contribution < 1.29 is 14.3 Å². The lowest BCUT2D eigenvalue weighted by Gasteiger charge is -2.14. The lowest BCUT2D eigenvalue weighted by molar-refractivity contribution is -0.147. The third-order valence-corrected chi connectivity index (χ3v) is 3.59. The first-order valence-corrected chi connectivity index (χ1v) is 7.49. The van der Waals surface area contributed by atoms with Crippen LogP contribution in [0.3, 0.4) is 0 Å². The van der Waals surface area contributed by atoms with Gasteiger partial charge in [-0.2, -0.15) is 0 Å². The van der Waals surface area contributed by atoms with Crippen molar-refractivity contribution in [2.75, 3.05) is 6.61 Å². The van der Waals surface area contributed by atoms with E-state index in [1.54, 1.807) is 24.3 Å². The fraction of sp³-hybridized carbons (Fsp3) is 0.263. The topological polar surface area (TPSA) is 43.4 Å². The summed E-state index contributed by atoms with van der Waals surface area (Å²) >= 11 is 0. The molecule has 0 heterocycles. The van der Waals surface area contributed by atoms with Gasteiger partial charge in [-0.15, -0.1) is 0 Å². The molecule has 3 nitrogen and oxygen atoms in total. The fourth-order valence-electron chi connectivity index (χ4n) is 2.25. The SMILES string of the molecule is CCC(Cc1ccccc1)C(=O)OCC(=O)c1ccccc1. The van der Waals surface area contributed by atoms with Crippen LogP contribution >= 0.6 is 0 Å². The molecule has 0 amide bonds. The van der Waals surface area contributed by atoms with Crippen molar-refractivity contribution in [2.45, 2.75) is 19.8 Å². The first-order chi connectivity index (χ1) is 10.7. The monoisotopic (exact) mass is 296 g/mol. The van der Waals surface area contributed by atoms with E-state index in [9.17, 15) is 9.59 Å². The minimum absolute atomic E-state index is 0.177. The van der Waals surface area contributed by atoms with Crippen LogP contribution in [-0.4, -0.2) is 18.4 Å². The molecule has 0 saturated heterocycles. The molecule has 2 aromatic carbocycles. The molecule has 0 aliphatic carbocycles. The van der Waals surface area contributed by atoms with Crippen LogP contribution in [0, 0.1) is 5.92 Å². The molecular weight excluding hydrogens is 276 g/mol. The maximum atomic E-state index is 12.1. The average Bonchev–Trinajstić information content (AvgIpc) is 2.59. The van der Waals surface area contributed by atoms with Crippen molar-refractivity contribution in [3.05, 3.63) is 71.8 Å². The van der Waals surface area contributed by atoms with Gasteiger partial charge in [0.1, 0.15) is 0 Å². The Bertz CT molecular complexity index is 605. The zero-order chi connectivity index (χ0) is 15.8. The molecule has 22 heavy (non-hydrogen) atoms. The molecule has 2 rings (SSSR count). The summed E-state index contributed by atoms with van der Waals surface area (Å²) in [6.45, 7) is 1.75. The summed E-state index contributed by atoms with van der Waals surface area (Å²) in [5, 5.41) is 0. The van der Waals surface area contributed by atoms with Crippen LogP contribution in [-0.2, 0) is 16.0 Å². The van der Waals surface area contributed by atoms with Crippen LogP contribution in [0.2, 0.25) is 0 Å². The van der Waals surface area contributed by atoms with E-state index >= 15 is 0 Å². The number of esters is 1. The first kappa shape index (κ1) is 16.0. The predicted octanol–water partition coefficient (Wildman–Crippen LogP) is 3.68. The van der Waals surface area contributed by atoms with E-state index in [1.807, 2.05) is 43.3 Å². The van der Waals surface area contributed by atoms with Gasteiger partial charge in [0, 0.05) is 5.56 Å². The summed E-state index contributed by atoms with van der Waals surface area (Å²) in [6.07, 6.45) is 1.32. The molecule has 0 spiro atoms. The third-order valence-electron chi connectivity index (χ3n) is 3.59. The zero-order valence-corrected chi connectivity index (χ0v) is 12.7. The zero-order valence-electron chi connectivity index (χ0n) is 12.7. The summed E-state index contributed by atoms with van der Waals surface area (Å²) in [4.78, 5) is 24.1. The van der Waals surface area contributed by atoms with E-state index in [0.29, 0.717) is 18.4 Å². The molecule has 0 N–H and O–H groups in total. The van der Waals surface area contributed by atoms with Crippen molar-refractivity contribution in [1.29, 1.82) is 0 Å². The third kappa shape index (κ3) is 4.55. The molecule has 3 heteroatoms. The van der Waals surface area contributed by atoms with Gasteiger partial charge in [-0.1, -0.05) is 67.6 Å². The van der Waals surface area contributed by atoms with Gasteiger partial charge in [0.2, 0.25) is 0 Å². The van der Waals surface area contributed by atoms with Crippen LogP contribution in [0.15, 0.2) is 60.7 Å². The molecular formula is C19H20O3. The largest absolute Gasteiger partial charge is 0.457 e. The van der Waals surface area contributed by atoms with E-state index in [4.69, 9.17) is 4.74 Å². The summed E-state index contributed by atoms with van der Waals surface area (Å²) in [6, 6.07) is 18.7. The number of carbonyl (C=O) groups excluding carboxylic acids is 2. The minimum atomic E-state index is -0.310. The second kappa shape index (κ2) is 8.13. The van der Waals surface area contributed by atoms with Crippen LogP contribution < -0.4 is 0 Å². The quantitative estimate of drug-likeness (QED) is 0.578. The van der Waals surface area contributed by atoms with Gasteiger partial charge < -0.3 is 4.74 Å². The molecule has 0 saturated carbocycles. The summed E-state index contributed by atoms with van der Waals surface area (Å²) in [7, 11) is 0. The highest BCUT2D eigenvalue weighted by Crippen LogP contribution is 2.14. The number of carbonyl (C=O) groups is 2. The summed E-state index contributed by atoms with van der Waals surface area (Å²) in [5.41, 5.74) is 1.66. The molecule has 2 aromatic rings. The fourth-order valence-corrected chi connectivity index (χ4v) is 2.25. The van der Waals surface area contributed by atoms with E-state index in [-0.39, 0.29) is 24.3 Å². The molecule has 0 fully saturated rings. The second-order valence-corrected chi connectivity index (χ2v) is 5.19. The van der Waals surface area contributed by atoms with E-state index in [0.717, 1.165) is 5.56 Å². The van der Waals surface area contributed by atoms with E-state index < -0.39 is 0 Å². The molecule has 114 valence electrons. The highest BCUT2D eigenvalue weighted by atomic mass is 16.5. The minimum Gasteiger partial charge on any atom is -0.457 e. The summed E-state index contributed by atoms with van der Waals surface area (Å²) < 4.78 is 5.19. The van der Waals surface area contributed by atoms with Crippen LogP contribution in [0.25, 0.3) is 0 Å². The second-order valence-electron chi connectivity index (χ2n) is 5.19. The standard InChI is InChI=1S/C19H20O3/c1-2-16(13-15-9-5-3-6-10-15)19(21)22-14-18(20)17-11-7-4-8-12-17/h3-12,16H,2,13-14H2,1H3. The highest BCUT2D eigenvalue weighted by Gasteiger charge is 2.19. The molecule has 0 radical (unpaired) electrons. The number of hydrogen-bond acceptors (Lipinski definition) is 3. The number of benzene rings is 2. The summed E-state index contributed by atoms with van der Waals surface area (Å²) in [5.74, 6) is -0.704. The van der Waals surface area contributed by atoms with Crippen molar-refractivity contribution in [1.82, 2.24) is 0 Å². The smallest absolute Gasteiger partial charge is 0.309 e. The van der Waals surface area contributed by atoms with E-state index in [2.05, 4.69) is 0 Å². The molecule has 1 unspecified atom stereocenters. The highest BCUT2D eigenvalue weighted by molar-refractivity contribution is 5.97. The van der Waals surface area contributed by atoms with E-state index in [1.165, 1.54) is 0 Å². The number of Topliss-reactive ketones (excluding diaryl/α,β-unsaturated/α-hetero) is 1. The van der Waals surface area contributed by atoms with Gasteiger partial charge in [0.05, 0.1) is 5.92 Å². The van der Waals surface area contributed by atoms with Crippen LogP contribution in [0.5, 0.6) is 0 Å². The van der Waals surface area contributed by atoms with Gasteiger partial charge in [-0.3, -0.25) is 9.59 Å². The van der Waals surface area contributed by atoms with Gasteiger partial charge in [0.15, 0.2) is 12.4 Å². The Labute approximate surface area is 130 Å². The molecule has 0 aliphatic heterocycles. The molecule has 0 aliphatic rings. The Morgan fingerprint density at radius 3 is 2.14 bits per heavy atom. The molecule has 0 aromatic heterocycles. The van der Waals surface area contributed by atoms with Crippen LogP contribution in [0.1, 0.15) is 29.3 Å². The lowest BCUT2D eigenvalue weighted by Crippen LogP contribution is -2.22. The maximum Gasteiger partial charge on any atom is 0.309 e. The number of hydrogen-bond donors (Lipinski definition) is 0. The lowest BCUT2D eigenvalue weighted by atomic mass is 9.97. The molecule has 1 atom stereocenters. The Morgan fingerprint density at radius 2 is 1.55 bits per heavy atom. The Hall–Kier alpha value is -2.42. The van der Waals surface area contributed by atoms with Gasteiger partial charge >= 0.3 is 5.97 Å². The normalized spacial score (nSPS) is 11.7. The average molecular weight is 296 g/mol. The predicted molar refractivity (Wildman–Crippen MR) is 85.7 cm³/mol. The Balaban J connectivity index is 1.88. The van der Waals surface area contributed by atoms with Gasteiger partial charge in [0.25, 0.3) is 0 Å². The van der Waals surface area contributed by atoms with Crippen molar-refractivity contribution in [3.63, 3.8) is 0 Å². The van der Waals surface area contributed by atoms with Crippen molar-refractivity contribution in [2.24, 2.45) is 5.92 Å². The van der Waals surface area contributed by atoms with Crippen molar-refractivity contribution in [3.8, 4) is 0 Å². The van der Waals surface area contributed by atoms with Crippen LogP contribution in [0.4, 0.5) is 0 Å². The number of rotatable bonds is 7. The van der Waals surface area contributed by atoms with Crippen molar-refractivity contribution >= 4 is 11.8 Å². The van der Waals surface area contributed by atoms with Gasteiger partial charge in [-0.25, -0.2) is 0 Å². The number of ketones is 1. The Morgan fingerprint density at radius 1 is 0.955 bits per heavy atom. The van der Waals surface area contributed by atoms with Gasteiger partial charge in [-0.05, 0) is 18.4 Å².